The number of aliphatic hydroxyl groups is 5. The minimum atomic E-state index is -1.50. The van der Waals surface area contributed by atoms with E-state index in [-0.39, 0.29) is 13.2 Å². The molecule has 0 aromatic heterocycles. The normalized spacial score (nSPS) is 24.9. The molecule has 0 radical (unpaired) electrons. The number of hydrogen-bond donors (Lipinski definition) is 7. The molecule has 4 unspecified atom stereocenters. The number of anilines is 1. The van der Waals surface area contributed by atoms with E-state index >= 15 is 0 Å². The molecule has 0 bridgehead atoms. The third-order valence-electron chi connectivity index (χ3n) is 5.28. The van der Waals surface area contributed by atoms with Gasteiger partial charge in [-0.2, -0.15) is 4.99 Å². The highest BCUT2D eigenvalue weighted by Crippen LogP contribution is 2.34. The maximum Gasteiger partial charge on any atom is 0.170 e. The van der Waals surface area contributed by atoms with Crippen molar-refractivity contribution in [1.29, 1.82) is 0 Å². The van der Waals surface area contributed by atoms with Crippen LogP contribution in [0.25, 0.3) is 0 Å². The molecule has 0 saturated heterocycles. The molecule has 34 heavy (non-hydrogen) atoms. The number of thiocarbonyl (C=S) groups is 2. The molecule has 13 heteroatoms. The van der Waals surface area contributed by atoms with Crippen molar-refractivity contribution in [2.45, 2.75) is 24.6 Å². The SMILES string of the molecule is OCC1C(O)C([C@H](O)OCCOCCOCCNC(=S)Nc2ccc(N=C=S)cc2)C(O)[C@@H]1O. The Morgan fingerprint density at radius 2 is 1.65 bits per heavy atom. The van der Waals surface area contributed by atoms with Gasteiger partial charge < -0.3 is 50.4 Å². The van der Waals surface area contributed by atoms with E-state index in [0.29, 0.717) is 37.2 Å². The summed E-state index contributed by atoms with van der Waals surface area (Å²) in [5.41, 5.74) is 1.52. The summed E-state index contributed by atoms with van der Waals surface area (Å²) >= 11 is 9.78. The highest BCUT2D eigenvalue weighted by molar-refractivity contribution is 7.80. The van der Waals surface area contributed by atoms with Crippen molar-refractivity contribution in [1.82, 2.24) is 5.32 Å². The fraction of sp³-hybridized carbons (Fsp3) is 0.619. The molecular formula is C21H31N3O8S2. The van der Waals surface area contributed by atoms with Crippen molar-refractivity contribution in [3.05, 3.63) is 24.3 Å². The number of benzene rings is 1. The van der Waals surface area contributed by atoms with Gasteiger partial charge in [-0.3, -0.25) is 0 Å². The summed E-state index contributed by atoms with van der Waals surface area (Å²) in [7, 11) is 0. The van der Waals surface area contributed by atoms with Crippen LogP contribution in [-0.2, 0) is 14.2 Å². The molecule has 0 spiro atoms. The number of aliphatic hydroxyl groups excluding tert-OH is 5. The second-order valence-electron chi connectivity index (χ2n) is 7.51. The molecule has 0 aliphatic heterocycles. The van der Waals surface area contributed by atoms with E-state index in [2.05, 4.69) is 33.0 Å². The Bertz CT molecular complexity index is 797. The first-order chi connectivity index (χ1) is 16.4. The van der Waals surface area contributed by atoms with Crippen LogP contribution in [0.5, 0.6) is 0 Å². The Morgan fingerprint density at radius 3 is 2.26 bits per heavy atom. The molecule has 1 fully saturated rings. The number of rotatable bonds is 14. The van der Waals surface area contributed by atoms with Crippen molar-refractivity contribution in [3.8, 4) is 0 Å². The molecule has 1 saturated carbocycles. The van der Waals surface area contributed by atoms with Crippen LogP contribution in [0.2, 0.25) is 0 Å². The van der Waals surface area contributed by atoms with Gasteiger partial charge in [0, 0.05) is 18.2 Å². The van der Waals surface area contributed by atoms with Gasteiger partial charge in [-0.05, 0) is 48.7 Å². The van der Waals surface area contributed by atoms with E-state index < -0.39 is 43.0 Å². The van der Waals surface area contributed by atoms with Crippen molar-refractivity contribution in [3.63, 3.8) is 0 Å². The summed E-state index contributed by atoms with van der Waals surface area (Å²) in [6, 6.07) is 7.22. The van der Waals surface area contributed by atoms with E-state index in [4.69, 9.17) is 26.4 Å². The van der Waals surface area contributed by atoms with Gasteiger partial charge in [0.2, 0.25) is 0 Å². The lowest BCUT2D eigenvalue weighted by Crippen LogP contribution is -2.39. The maximum atomic E-state index is 10.0. The van der Waals surface area contributed by atoms with Crippen LogP contribution in [0, 0.1) is 11.8 Å². The largest absolute Gasteiger partial charge is 0.396 e. The number of ether oxygens (including phenoxy) is 3. The lowest BCUT2D eigenvalue weighted by atomic mass is 10.0. The molecule has 1 aliphatic rings. The third-order valence-corrected chi connectivity index (χ3v) is 5.61. The Labute approximate surface area is 208 Å². The number of aliphatic imine (C=N–C) groups is 1. The number of hydrogen-bond acceptors (Lipinski definition) is 11. The van der Waals surface area contributed by atoms with Gasteiger partial charge in [0.05, 0.1) is 74.7 Å². The van der Waals surface area contributed by atoms with Crippen molar-refractivity contribution < 1.29 is 39.7 Å². The molecule has 6 atom stereocenters. The second-order valence-corrected chi connectivity index (χ2v) is 8.10. The molecule has 0 amide bonds. The maximum absolute atomic E-state index is 10.0. The Balaban J connectivity index is 1.47. The minimum absolute atomic E-state index is 0.0112. The lowest BCUT2D eigenvalue weighted by molar-refractivity contribution is -0.182. The molecule has 11 nitrogen and oxygen atoms in total. The Kier molecular flexibility index (Phi) is 13.0. The van der Waals surface area contributed by atoms with Crippen LogP contribution in [-0.4, -0.2) is 107 Å². The van der Waals surface area contributed by atoms with Gasteiger partial charge >= 0.3 is 0 Å². The molecule has 0 heterocycles. The predicted octanol–water partition coefficient (Wildman–Crippen LogP) is -0.603. The third kappa shape index (κ3) is 8.87. The Morgan fingerprint density at radius 1 is 1.00 bits per heavy atom. The average molecular weight is 518 g/mol. The zero-order valence-electron chi connectivity index (χ0n) is 18.4. The van der Waals surface area contributed by atoms with Crippen LogP contribution in [0.3, 0.4) is 0 Å². The first-order valence-corrected chi connectivity index (χ1v) is 11.5. The van der Waals surface area contributed by atoms with Gasteiger partial charge in [-0.1, -0.05) is 0 Å². The summed E-state index contributed by atoms with van der Waals surface area (Å²) in [4.78, 5) is 3.88. The first kappa shape index (κ1) is 28.6. The van der Waals surface area contributed by atoms with Crippen molar-refractivity contribution in [2.24, 2.45) is 16.8 Å². The number of nitrogens with zero attached hydrogens (tertiary/aromatic N) is 1. The van der Waals surface area contributed by atoms with E-state index in [1.54, 1.807) is 12.1 Å². The van der Waals surface area contributed by atoms with Gasteiger partial charge in [0.15, 0.2) is 11.4 Å². The molecule has 1 aromatic carbocycles. The molecule has 7 N–H and O–H groups in total. The van der Waals surface area contributed by atoms with Gasteiger partial charge in [-0.25, -0.2) is 0 Å². The van der Waals surface area contributed by atoms with Crippen LogP contribution < -0.4 is 10.6 Å². The van der Waals surface area contributed by atoms with Crippen molar-refractivity contribution in [2.75, 3.05) is 51.5 Å². The lowest BCUT2D eigenvalue weighted by Gasteiger charge is -2.24. The van der Waals surface area contributed by atoms with E-state index in [1.165, 1.54) is 0 Å². The molecule has 1 aliphatic carbocycles. The highest BCUT2D eigenvalue weighted by Gasteiger charge is 2.51. The quantitative estimate of drug-likeness (QED) is 0.0726. The van der Waals surface area contributed by atoms with E-state index in [9.17, 15) is 25.5 Å². The van der Waals surface area contributed by atoms with Gasteiger partial charge in [-0.15, -0.1) is 0 Å². The predicted molar refractivity (Wildman–Crippen MR) is 131 cm³/mol. The number of isothiocyanates is 1. The number of nitrogens with one attached hydrogen (secondary N) is 2. The van der Waals surface area contributed by atoms with E-state index in [1.807, 2.05) is 12.1 Å². The van der Waals surface area contributed by atoms with E-state index in [0.717, 1.165) is 5.69 Å². The zero-order chi connectivity index (χ0) is 24.9. The van der Waals surface area contributed by atoms with Crippen LogP contribution in [0.4, 0.5) is 11.4 Å². The summed E-state index contributed by atoms with van der Waals surface area (Å²) in [5.74, 6) is -2.05. The first-order valence-electron chi connectivity index (χ1n) is 10.7. The fourth-order valence-corrected chi connectivity index (χ4v) is 3.79. The van der Waals surface area contributed by atoms with Crippen LogP contribution in [0.1, 0.15) is 0 Å². The summed E-state index contributed by atoms with van der Waals surface area (Å²) in [5, 5.41) is 57.8. The zero-order valence-corrected chi connectivity index (χ0v) is 20.1. The van der Waals surface area contributed by atoms with Crippen molar-refractivity contribution >= 4 is 46.1 Å². The molecule has 190 valence electrons. The fourth-order valence-electron chi connectivity index (χ4n) is 3.47. The standard InChI is InChI=1S/C21H31N3O8S2/c25-11-15-17(26)16(19(28)18(15)27)20(29)32-10-9-31-8-7-30-6-5-22-21(34)24-14-3-1-13(2-4-14)23-12-33/h1-4,15-20,25-29H,5-11H2,(H2,22,24,34)/t15?,16?,17?,18-,19?,20-/m1/s1. The molecule has 2 rings (SSSR count). The highest BCUT2D eigenvalue weighted by atomic mass is 32.1. The second kappa shape index (κ2) is 15.4. The molecule has 1 aromatic rings. The van der Waals surface area contributed by atoms with Crippen LogP contribution >= 0.6 is 24.4 Å². The smallest absolute Gasteiger partial charge is 0.170 e. The summed E-state index contributed by atoms with van der Waals surface area (Å²) < 4.78 is 16.0. The molecular weight excluding hydrogens is 486 g/mol. The van der Waals surface area contributed by atoms with Gasteiger partial charge in [0.1, 0.15) is 0 Å². The van der Waals surface area contributed by atoms with Gasteiger partial charge in [0.25, 0.3) is 0 Å². The topological polar surface area (TPSA) is 165 Å². The minimum Gasteiger partial charge on any atom is -0.396 e. The average Bonchev–Trinajstić information content (AvgIpc) is 3.03. The Hall–Kier alpha value is -1.61. The monoisotopic (exact) mass is 517 g/mol. The van der Waals surface area contributed by atoms with Crippen LogP contribution in [0.15, 0.2) is 29.3 Å². The summed E-state index contributed by atoms with van der Waals surface area (Å²) in [6.45, 7) is 1.22. The summed E-state index contributed by atoms with van der Waals surface area (Å²) in [6.07, 6.45) is -5.52.